The van der Waals surface area contributed by atoms with Crippen LogP contribution in [0.2, 0.25) is 0 Å². The summed E-state index contributed by atoms with van der Waals surface area (Å²) in [6.45, 7) is 0.853. The number of aliphatic hydroxyl groups excluding tert-OH is 1. The monoisotopic (exact) mass is 423 g/mol. The number of nitrogens with two attached hydrogens (primary N) is 1. The highest BCUT2D eigenvalue weighted by Gasteiger charge is 2.23. The van der Waals surface area contributed by atoms with Gasteiger partial charge in [0, 0.05) is 36.0 Å². The van der Waals surface area contributed by atoms with E-state index < -0.39 is 17.9 Å². The van der Waals surface area contributed by atoms with Crippen LogP contribution in [-0.4, -0.2) is 24.0 Å². The van der Waals surface area contributed by atoms with Crippen LogP contribution >= 0.6 is 0 Å². The number of halogens is 2. The van der Waals surface area contributed by atoms with Crippen LogP contribution in [0.5, 0.6) is 0 Å². The first-order chi connectivity index (χ1) is 15.0. The van der Waals surface area contributed by atoms with Gasteiger partial charge in [-0.1, -0.05) is 12.1 Å². The van der Waals surface area contributed by atoms with Crippen molar-refractivity contribution < 1.29 is 18.7 Å². The minimum atomic E-state index is -0.901. The number of ketones is 1. The van der Waals surface area contributed by atoms with E-state index in [2.05, 4.69) is 10.6 Å². The molecule has 1 unspecified atom stereocenters. The molecule has 1 aliphatic carbocycles. The number of carbonyl (C=O) groups excluding carboxylic acids is 1. The molecule has 0 saturated heterocycles. The maximum atomic E-state index is 14.0. The summed E-state index contributed by atoms with van der Waals surface area (Å²) in [4.78, 5) is 13.2. The minimum absolute atomic E-state index is 0.116. The summed E-state index contributed by atoms with van der Waals surface area (Å²) < 4.78 is 27.1. The van der Waals surface area contributed by atoms with Gasteiger partial charge in [-0.05, 0) is 65.9 Å². The lowest BCUT2D eigenvalue weighted by Crippen LogP contribution is -2.27. The van der Waals surface area contributed by atoms with Crippen LogP contribution in [0.1, 0.15) is 38.8 Å². The van der Waals surface area contributed by atoms with E-state index in [0.29, 0.717) is 48.3 Å². The zero-order chi connectivity index (χ0) is 22.0. The summed E-state index contributed by atoms with van der Waals surface area (Å²) in [6.07, 6.45) is 0.402. The topological polar surface area (TPSA) is 87.4 Å². The van der Waals surface area contributed by atoms with Gasteiger partial charge in [-0.15, -0.1) is 0 Å². The van der Waals surface area contributed by atoms with Crippen LogP contribution < -0.4 is 16.4 Å². The summed E-state index contributed by atoms with van der Waals surface area (Å²) in [5, 5.41) is 16.1. The van der Waals surface area contributed by atoms with Crippen molar-refractivity contribution in [3.63, 3.8) is 0 Å². The van der Waals surface area contributed by atoms with Gasteiger partial charge in [-0.3, -0.25) is 10.1 Å². The number of hydrogen-bond acceptors (Lipinski definition) is 5. The highest BCUT2D eigenvalue weighted by Crippen LogP contribution is 2.30. The van der Waals surface area contributed by atoms with E-state index in [9.17, 15) is 18.7 Å². The molecular weight excluding hydrogens is 400 g/mol. The fourth-order valence-corrected chi connectivity index (χ4v) is 3.79. The minimum Gasteiger partial charge on any atom is -0.374 e. The van der Waals surface area contributed by atoms with Crippen LogP contribution in [0.3, 0.4) is 0 Å². The maximum absolute atomic E-state index is 14.0. The second-order valence-corrected chi connectivity index (χ2v) is 7.51. The normalized spacial score (nSPS) is 13.9. The van der Waals surface area contributed by atoms with E-state index >= 15 is 0 Å². The predicted octanol–water partition coefficient (Wildman–Crippen LogP) is 3.58. The van der Waals surface area contributed by atoms with Crippen molar-refractivity contribution in [2.45, 2.75) is 19.1 Å². The average Bonchev–Trinajstić information content (AvgIpc) is 2.90. The Morgan fingerprint density at radius 1 is 0.968 bits per heavy atom. The Hall–Kier alpha value is -3.13. The largest absolute Gasteiger partial charge is 0.374 e. The van der Waals surface area contributed by atoms with Gasteiger partial charge in [0.25, 0.3) is 0 Å². The first-order valence-corrected chi connectivity index (χ1v) is 10.1. The van der Waals surface area contributed by atoms with Gasteiger partial charge in [0.05, 0.1) is 5.69 Å². The molecule has 3 aromatic carbocycles. The Morgan fingerprint density at radius 3 is 2.55 bits per heavy atom. The molecule has 3 aromatic rings. The highest BCUT2D eigenvalue weighted by molar-refractivity contribution is 6.11. The van der Waals surface area contributed by atoms with Gasteiger partial charge in [-0.25, -0.2) is 8.78 Å². The third-order valence-electron chi connectivity index (χ3n) is 5.40. The third kappa shape index (κ3) is 4.49. The van der Waals surface area contributed by atoms with Crippen LogP contribution in [0.25, 0.3) is 0 Å². The molecule has 5 nitrogen and oxygen atoms in total. The molecule has 0 aliphatic heterocycles. The van der Waals surface area contributed by atoms with Gasteiger partial charge in [-0.2, -0.15) is 0 Å². The van der Waals surface area contributed by atoms with E-state index in [4.69, 9.17) is 5.73 Å². The number of nitrogens with one attached hydrogen (secondary N) is 2. The third-order valence-corrected chi connectivity index (χ3v) is 5.40. The van der Waals surface area contributed by atoms with E-state index in [1.165, 1.54) is 12.1 Å². The molecule has 0 bridgehead atoms. The quantitative estimate of drug-likeness (QED) is 0.456. The molecule has 0 aromatic heterocycles. The fourth-order valence-electron chi connectivity index (χ4n) is 3.79. The number of benzene rings is 3. The lowest BCUT2D eigenvalue weighted by atomic mass is 9.96. The first-order valence-electron chi connectivity index (χ1n) is 10.1. The Bertz CT molecular complexity index is 1130. The molecule has 31 heavy (non-hydrogen) atoms. The second-order valence-electron chi connectivity index (χ2n) is 7.51. The van der Waals surface area contributed by atoms with E-state index in [0.717, 1.165) is 17.2 Å². The van der Waals surface area contributed by atoms with E-state index in [1.54, 1.807) is 24.3 Å². The van der Waals surface area contributed by atoms with Crippen molar-refractivity contribution in [2.24, 2.45) is 5.73 Å². The molecule has 4 rings (SSSR count). The van der Waals surface area contributed by atoms with Crippen molar-refractivity contribution in [2.75, 3.05) is 18.4 Å². The molecule has 5 N–H and O–H groups in total. The summed E-state index contributed by atoms with van der Waals surface area (Å²) in [6, 6.07) is 14.0. The molecule has 0 heterocycles. The lowest BCUT2D eigenvalue weighted by molar-refractivity contribution is 0.103. The zero-order valence-electron chi connectivity index (χ0n) is 16.8. The molecule has 0 radical (unpaired) electrons. The summed E-state index contributed by atoms with van der Waals surface area (Å²) in [5.41, 5.74) is 9.74. The Kier molecular flexibility index (Phi) is 6.08. The maximum Gasteiger partial charge on any atom is 0.193 e. The standard InChI is InChI=1S/C24H23F2N3O2/c25-17-5-8-22(21(26)13-17)29-18-6-7-19-15(11-18)3-1-14-2-4-16(12-20(14)23(19)30)24(31)28-10-9-27/h2,4-8,11-13,24,28-29,31H,1,3,9-10,27H2. The van der Waals surface area contributed by atoms with Crippen LogP contribution in [0, 0.1) is 11.6 Å². The van der Waals surface area contributed by atoms with Crippen molar-refractivity contribution >= 4 is 17.2 Å². The number of fused-ring (bicyclic) bond motifs is 2. The number of aliphatic hydroxyl groups is 1. The molecular formula is C24H23F2N3O2. The smallest absolute Gasteiger partial charge is 0.193 e. The van der Waals surface area contributed by atoms with E-state index in [-0.39, 0.29) is 11.5 Å². The van der Waals surface area contributed by atoms with Crippen LogP contribution in [0.4, 0.5) is 20.2 Å². The number of carbonyl (C=O) groups is 1. The number of aryl methyl sites for hydroxylation is 2. The summed E-state index contributed by atoms with van der Waals surface area (Å²) in [5.74, 6) is -1.45. The van der Waals surface area contributed by atoms with Crippen LogP contribution in [-0.2, 0) is 12.8 Å². The molecule has 0 saturated carbocycles. The van der Waals surface area contributed by atoms with Crippen LogP contribution in [0.15, 0.2) is 54.6 Å². The molecule has 1 aliphatic rings. The Morgan fingerprint density at radius 2 is 1.77 bits per heavy atom. The Balaban J connectivity index is 1.61. The number of anilines is 2. The zero-order valence-corrected chi connectivity index (χ0v) is 16.8. The SMILES string of the molecule is NCCNC(O)c1ccc2c(c1)C(=O)c1ccc(Nc3ccc(F)cc3F)cc1CC2. The molecule has 7 heteroatoms. The average molecular weight is 423 g/mol. The van der Waals surface area contributed by atoms with Gasteiger partial charge in [0.15, 0.2) is 5.78 Å². The van der Waals surface area contributed by atoms with Gasteiger partial charge < -0.3 is 16.2 Å². The predicted molar refractivity (Wildman–Crippen MR) is 115 cm³/mol. The Labute approximate surface area is 178 Å². The van der Waals surface area contributed by atoms with Crippen molar-refractivity contribution in [3.8, 4) is 0 Å². The summed E-state index contributed by atoms with van der Waals surface area (Å²) in [7, 11) is 0. The van der Waals surface area contributed by atoms with Gasteiger partial charge in [0.1, 0.15) is 17.9 Å². The molecule has 1 atom stereocenters. The molecule has 0 amide bonds. The van der Waals surface area contributed by atoms with E-state index in [1.807, 2.05) is 12.1 Å². The first kappa shape index (κ1) is 21.1. The van der Waals surface area contributed by atoms with Gasteiger partial charge in [0.2, 0.25) is 0 Å². The van der Waals surface area contributed by atoms with Crippen molar-refractivity contribution in [1.82, 2.24) is 5.32 Å². The van der Waals surface area contributed by atoms with Crippen molar-refractivity contribution in [1.29, 1.82) is 0 Å². The molecule has 0 spiro atoms. The molecule has 0 fully saturated rings. The van der Waals surface area contributed by atoms with Gasteiger partial charge >= 0.3 is 0 Å². The van der Waals surface area contributed by atoms with Crippen molar-refractivity contribution in [3.05, 3.63) is 94.0 Å². The number of rotatable bonds is 6. The molecule has 160 valence electrons. The lowest BCUT2D eigenvalue weighted by Gasteiger charge is -2.15. The number of hydrogen-bond donors (Lipinski definition) is 4. The second kappa shape index (κ2) is 8.93. The summed E-state index contributed by atoms with van der Waals surface area (Å²) >= 11 is 0. The highest BCUT2D eigenvalue weighted by atomic mass is 19.1. The fraction of sp³-hybridized carbons (Fsp3) is 0.208.